The van der Waals surface area contributed by atoms with Crippen LogP contribution in [0.15, 0.2) is 30.9 Å². The van der Waals surface area contributed by atoms with Crippen LogP contribution in [0.25, 0.3) is 16.9 Å². The Morgan fingerprint density at radius 3 is 2.54 bits per heavy atom. The molecule has 1 aliphatic rings. The van der Waals surface area contributed by atoms with Gasteiger partial charge in [-0.1, -0.05) is 38.3 Å². The number of hydrogen-bond donors (Lipinski definition) is 3. The van der Waals surface area contributed by atoms with Gasteiger partial charge in [0.05, 0.1) is 39.9 Å². The van der Waals surface area contributed by atoms with E-state index in [2.05, 4.69) is 25.7 Å². The fraction of sp³-hybridized carbons (Fsp3) is 0.520. The summed E-state index contributed by atoms with van der Waals surface area (Å²) in [5.74, 6) is -0.499. The van der Waals surface area contributed by atoms with E-state index in [4.69, 9.17) is 16.7 Å². The Morgan fingerprint density at radius 2 is 1.89 bits per heavy atom. The van der Waals surface area contributed by atoms with E-state index in [1.54, 1.807) is 50.8 Å². The predicted molar refractivity (Wildman–Crippen MR) is 137 cm³/mol. The van der Waals surface area contributed by atoms with E-state index >= 15 is 0 Å². The highest BCUT2D eigenvalue weighted by Gasteiger charge is 2.22. The van der Waals surface area contributed by atoms with Crippen molar-refractivity contribution in [1.82, 2.24) is 24.9 Å². The van der Waals surface area contributed by atoms with Gasteiger partial charge in [0.2, 0.25) is 0 Å². The monoisotopic (exact) mass is 504 g/mol. The van der Waals surface area contributed by atoms with Crippen LogP contribution in [-0.4, -0.2) is 55.5 Å². The van der Waals surface area contributed by atoms with Gasteiger partial charge in [0.25, 0.3) is 5.91 Å². The van der Waals surface area contributed by atoms with Crippen LogP contribution in [0.3, 0.4) is 0 Å². The fourth-order valence-electron chi connectivity index (χ4n) is 3.75. The summed E-state index contributed by atoms with van der Waals surface area (Å²) in [6, 6.07) is 2.14. The topological polar surface area (TPSA) is 104 Å². The highest BCUT2D eigenvalue weighted by Crippen LogP contribution is 2.29. The Morgan fingerprint density at radius 1 is 1.20 bits per heavy atom. The van der Waals surface area contributed by atoms with Crippen molar-refractivity contribution >= 4 is 28.8 Å². The van der Waals surface area contributed by atoms with Crippen molar-refractivity contribution in [2.45, 2.75) is 71.7 Å². The van der Waals surface area contributed by atoms with Gasteiger partial charge in [-0.2, -0.15) is 5.10 Å². The molecule has 4 rings (SSSR count). The van der Waals surface area contributed by atoms with E-state index in [-0.39, 0.29) is 24.5 Å². The zero-order valence-electron chi connectivity index (χ0n) is 20.6. The molecule has 3 N–H and O–H groups in total. The van der Waals surface area contributed by atoms with Gasteiger partial charge in [-0.25, -0.2) is 13.9 Å². The second-order valence-corrected chi connectivity index (χ2v) is 9.84. The molecule has 3 aromatic heterocycles. The van der Waals surface area contributed by atoms with Crippen molar-refractivity contribution in [2.24, 2.45) is 5.92 Å². The first kappa shape index (κ1) is 26.8. The van der Waals surface area contributed by atoms with Crippen LogP contribution in [0.4, 0.5) is 10.1 Å². The Labute approximate surface area is 210 Å². The predicted octanol–water partition coefficient (Wildman–Crippen LogP) is 4.91. The highest BCUT2D eigenvalue weighted by atomic mass is 35.5. The molecule has 1 amide bonds. The Balaban J connectivity index is 0.000000795. The van der Waals surface area contributed by atoms with Gasteiger partial charge < -0.3 is 15.7 Å². The van der Waals surface area contributed by atoms with E-state index < -0.39 is 6.17 Å². The highest BCUT2D eigenvalue weighted by molar-refractivity contribution is 6.30. The maximum absolute atomic E-state index is 14.0. The second-order valence-electron chi connectivity index (χ2n) is 9.40. The molecule has 1 unspecified atom stereocenters. The number of rotatable bonds is 7. The molecule has 3 aromatic rings. The molecule has 0 spiro atoms. The Kier molecular flexibility index (Phi) is 9.40. The van der Waals surface area contributed by atoms with E-state index in [1.165, 1.54) is 6.20 Å². The minimum atomic E-state index is -1.10. The number of aliphatic hydroxyl groups excluding tert-OH is 1. The maximum Gasteiger partial charge on any atom is 0.255 e. The number of halogens is 2. The van der Waals surface area contributed by atoms with E-state index in [0.29, 0.717) is 33.7 Å². The first-order valence-electron chi connectivity index (χ1n) is 12.0. The quantitative estimate of drug-likeness (QED) is 0.422. The number of carbonyl (C=O) groups is 1. The molecule has 1 atom stereocenters. The van der Waals surface area contributed by atoms with Crippen LogP contribution < -0.4 is 10.6 Å². The number of aromatic nitrogens is 4. The first-order chi connectivity index (χ1) is 16.7. The molecular formula is C25H34ClFN6O2. The SMILES string of the molecule is CC(C)C(F)CNC(=O)c1cnc(-c2cnn3cc(Cl)cnc23)cc1NC1CCCC1.CC(C)O. The number of pyridine rings is 1. The van der Waals surface area contributed by atoms with Crippen molar-refractivity contribution in [3.63, 3.8) is 0 Å². The largest absolute Gasteiger partial charge is 0.394 e. The molecule has 10 heteroatoms. The van der Waals surface area contributed by atoms with Crippen molar-refractivity contribution < 1.29 is 14.3 Å². The number of hydrogen-bond acceptors (Lipinski definition) is 6. The third-order valence-corrected chi connectivity index (χ3v) is 5.84. The molecule has 1 saturated carbocycles. The standard InChI is InChI=1S/C22H26ClFN6O.C3H8O/c1-13(2)18(24)11-27-22(31)17-9-25-19(7-20(17)29-15-5-3-4-6-15)16-10-28-30-12-14(23)8-26-21(16)30;1-3(2)4/h7-10,12-13,15,18H,3-6,11H2,1-2H3,(H,25,29)(H,27,31);3-4H,1-2H3. The Hall–Kier alpha value is -2.78. The number of anilines is 1. The van der Waals surface area contributed by atoms with Gasteiger partial charge in [-0.15, -0.1) is 0 Å². The molecular weight excluding hydrogens is 471 g/mol. The molecule has 190 valence electrons. The van der Waals surface area contributed by atoms with Gasteiger partial charge in [-0.05, 0) is 38.7 Å². The minimum Gasteiger partial charge on any atom is -0.394 e. The van der Waals surface area contributed by atoms with Gasteiger partial charge >= 0.3 is 0 Å². The maximum atomic E-state index is 14.0. The van der Waals surface area contributed by atoms with E-state index in [0.717, 1.165) is 31.2 Å². The van der Waals surface area contributed by atoms with Crippen molar-refractivity contribution in [3.8, 4) is 11.3 Å². The van der Waals surface area contributed by atoms with E-state index in [1.807, 2.05) is 6.07 Å². The first-order valence-corrected chi connectivity index (χ1v) is 12.4. The van der Waals surface area contributed by atoms with Gasteiger partial charge in [0.1, 0.15) is 6.17 Å². The molecule has 0 aromatic carbocycles. The molecule has 0 radical (unpaired) electrons. The third kappa shape index (κ3) is 7.35. The Bertz CT molecular complexity index is 1130. The summed E-state index contributed by atoms with van der Waals surface area (Å²) in [5, 5.41) is 19.0. The molecule has 0 aliphatic heterocycles. The summed E-state index contributed by atoms with van der Waals surface area (Å²) in [4.78, 5) is 21.7. The molecule has 0 saturated heterocycles. The van der Waals surface area contributed by atoms with Crippen LogP contribution in [0, 0.1) is 5.92 Å². The number of nitrogens with one attached hydrogen (secondary N) is 2. The molecule has 3 heterocycles. The van der Waals surface area contributed by atoms with Crippen LogP contribution in [0.2, 0.25) is 5.02 Å². The lowest BCUT2D eigenvalue weighted by atomic mass is 10.1. The summed E-state index contributed by atoms with van der Waals surface area (Å²) in [6.45, 7) is 7.00. The third-order valence-electron chi connectivity index (χ3n) is 5.65. The minimum absolute atomic E-state index is 0.0279. The average Bonchev–Trinajstić information content (AvgIpc) is 3.46. The zero-order chi connectivity index (χ0) is 25.5. The number of carbonyl (C=O) groups excluding carboxylic acids is 1. The van der Waals surface area contributed by atoms with Crippen molar-refractivity contribution in [3.05, 3.63) is 41.4 Å². The summed E-state index contributed by atoms with van der Waals surface area (Å²) in [5.41, 5.74) is 3.09. The fourth-order valence-corrected chi connectivity index (χ4v) is 3.89. The molecule has 35 heavy (non-hydrogen) atoms. The zero-order valence-corrected chi connectivity index (χ0v) is 21.4. The van der Waals surface area contributed by atoms with E-state index in [9.17, 15) is 9.18 Å². The van der Waals surface area contributed by atoms with Crippen molar-refractivity contribution in [1.29, 1.82) is 0 Å². The number of alkyl halides is 1. The molecule has 0 bridgehead atoms. The lowest BCUT2D eigenvalue weighted by molar-refractivity contribution is 0.0935. The summed E-state index contributed by atoms with van der Waals surface area (Å²) in [7, 11) is 0. The normalized spacial score (nSPS) is 14.8. The van der Waals surface area contributed by atoms with Gasteiger partial charge in [-0.3, -0.25) is 9.78 Å². The average molecular weight is 505 g/mol. The number of fused-ring (bicyclic) bond motifs is 1. The lowest BCUT2D eigenvalue weighted by Crippen LogP contribution is -2.33. The van der Waals surface area contributed by atoms with Crippen LogP contribution in [0.1, 0.15) is 63.7 Å². The lowest BCUT2D eigenvalue weighted by Gasteiger charge is -2.18. The molecule has 1 aliphatic carbocycles. The molecule has 8 nitrogen and oxygen atoms in total. The molecule has 1 fully saturated rings. The van der Waals surface area contributed by atoms with Crippen molar-refractivity contribution in [2.75, 3.05) is 11.9 Å². The van der Waals surface area contributed by atoms with Gasteiger partial charge in [0.15, 0.2) is 5.65 Å². The van der Waals surface area contributed by atoms with Crippen LogP contribution in [0.5, 0.6) is 0 Å². The summed E-state index contributed by atoms with van der Waals surface area (Å²) in [6.07, 6.45) is 9.60. The second kappa shape index (κ2) is 12.3. The summed E-state index contributed by atoms with van der Waals surface area (Å²) >= 11 is 6.00. The smallest absolute Gasteiger partial charge is 0.255 e. The van der Waals surface area contributed by atoms with Crippen LogP contribution >= 0.6 is 11.6 Å². The van der Waals surface area contributed by atoms with Crippen LogP contribution in [-0.2, 0) is 0 Å². The van der Waals surface area contributed by atoms with Gasteiger partial charge in [0, 0.05) is 31.1 Å². The number of nitrogens with zero attached hydrogens (tertiary/aromatic N) is 4. The number of amides is 1. The number of aliphatic hydroxyl groups is 1. The summed E-state index contributed by atoms with van der Waals surface area (Å²) < 4.78 is 15.6.